The smallest absolute Gasteiger partial charge is 0.397 e. The molecule has 2 aromatic heterocycles. The molecule has 0 unspecified atom stereocenters. The summed E-state index contributed by atoms with van der Waals surface area (Å²) in [6.07, 6.45) is 1.53. The highest BCUT2D eigenvalue weighted by Gasteiger charge is 2.31. The fraction of sp³-hybridized carbons (Fsp3) is 0.192. The highest BCUT2D eigenvalue weighted by molar-refractivity contribution is 6.05. The van der Waals surface area contributed by atoms with Gasteiger partial charge in [0.05, 0.1) is 35.2 Å². The van der Waals surface area contributed by atoms with Crippen molar-refractivity contribution in [3.8, 4) is 5.69 Å². The van der Waals surface area contributed by atoms with E-state index in [9.17, 15) is 18.0 Å². The quantitative estimate of drug-likeness (QED) is 0.253. The number of halogens is 3. The second-order valence-electron chi connectivity index (χ2n) is 8.90. The van der Waals surface area contributed by atoms with Crippen LogP contribution in [0.1, 0.15) is 38.4 Å². The van der Waals surface area contributed by atoms with Gasteiger partial charge in [0.15, 0.2) is 0 Å². The van der Waals surface area contributed by atoms with Crippen LogP contribution in [0.2, 0.25) is 0 Å². The number of aryl methyl sites for hydroxylation is 3. The molecule has 0 aliphatic rings. The van der Waals surface area contributed by atoms with Crippen molar-refractivity contribution in [2.45, 2.75) is 26.9 Å². The van der Waals surface area contributed by atoms with Crippen molar-refractivity contribution in [1.29, 1.82) is 0 Å². The zero-order chi connectivity index (χ0) is 27.8. The van der Waals surface area contributed by atoms with Crippen molar-refractivity contribution in [2.24, 2.45) is 18.6 Å². The zero-order valence-electron chi connectivity index (χ0n) is 21.2. The van der Waals surface area contributed by atoms with E-state index in [-0.39, 0.29) is 16.9 Å². The molecule has 0 fully saturated rings. The molecule has 0 atom stereocenters. The molecule has 0 saturated heterocycles. The molecule has 4 aromatic rings. The molecule has 2 aromatic carbocycles. The van der Waals surface area contributed by atoms with Crippen LogP contribution in [-0.2, 0) is 13.2 Å². The van der Waals surface area contributed by atoms with Crippen LogP contribution in [-0.4, -0.2) is 25.2 Å². The van der Waals surface area contributed by atoms with Crippen LogP contribution in [0.4, 0.5) is 24.5 Å². The maximum Gasteiger partial charge on any atom is 0.416 e. The van der Waals surface area contributed by atoms with Gasteiger partial charge in [0.25, 0.3) is 5.91 Å². The third kappa shape index (κ3) is 5.54. The number of nitrogens with one attached hydrogen (secondary N) is 1. The summed E-state index contributed by atoms with van der Waals surface area (Å²) in [5.74, 6) is 5.65. The summed E-state index contributed by atoms with van der Waals surface area (Å²) in [5, 5.41) is 8.02. The number of nitrogens with two attached hydrogens (primary N) is 2. The zero-order valence-corrected chi connectivity index (χ0v) is 21.2. The summed E-state index contributed by atoms with van der Waals surface area (Å²) in [7, 11) is 1.79. The fourth-order valence-electron chi connectivity index (χ4n) is 3.86. The lowest BCUT2D eigenvalue weighted by Gasteiger charge is -2.19. The Labute approximate surface area is 217 Å². The minimum atomic E-state index is -4.61. The van der Waals surface area contributed by atoms with Gasteiger partial charge in [0.1, 0.15) is 0 Å². The molecule has 5 N–H and O–H groups in total. The van der Waals surface area contributed by atoms with Gasteiger partial charge in [0, 0.05) is 47.6 Å². The molecule has 12 heteroatoms. The Morgan fingerprint density at radius 1 is 1.13 bits per heavy atom. The minimum Gasteiger partial charge on any atom is -0.397 e. The second kappa shape index (κ2) is 10.1. The number of imidazole rings is 1. The van der Waals surface area contributed by atoms with Crippen LogP contribution in [0.25, 0.3) is 11.4 Å². The summed E-state index contributed by atoms with van der Waals surface area (Å²) >= 11 is 0. The largest absolute Gasteiger partial charge is 0.416 e. The number of carbonyl (C=O) groups excluding carboxylic acids is 1. The number of amides is 1. The maximum atomic E-state index is 13.6. The lowest BCUT2D eigenvalue weighted by Crippen LogP contribution is -2.27. The van der Waals surface area contributed by atoms with Crippen molar-refractivity contribution in [2.75, 3.05) is 10.3 Å². The lowest BCUT2D eigenvalue weighted by molar-refractivity contribution is -0.137. The van der Waals surface area contributed by atoms with Crippen molar-refractivity contribution < 1.29 is 18.0 Å². The monoisotopic (exact) mass is 524 g/mol. The molecule has 38 heavy (non-hydrogen) atoms. The summed E-state index contributed by atoms with van der Waals surface area (Å²) in [5.41, 5.74) is 9.52. The summed E-state index contributed by atoms with van der Waals surface area (Å²) in [4.78, 5) is 17.1. The van der Waals surface area contributed by atoms with E-state index in [1.165, 1.54) is 34.2 Å². The average Bonchev–Trinajstić information content (AvgIpc) is 3.43. The third-order valence-corrected chi connectivity index (χ3v) is 6.09. The summed E-state index contributed by atoms with van der Waals surface area (Å²) in [6, 6.07) is 8.11. The first kappa shape index (κ1) is 26.5. The van der Waals surface area contributed by atoms with Crippen LogP contribution in [0.5, 0.6) is 0 Å². The van der Waals surface area contributed by atoms with E-state index in [0.717, 1.165) is 23.4 Å². The molecule has 9 nitrogen and oxygen atoms in total. The highest BCUT2D eigenvalue weighted by atomic mass is 19.4. The van der Waals surface area contributed by atoms with Gasteiger partial charge in [-0.25, -0.2) is 10.8 Å². The van der Waals surface area contributed by atoms with Crippen LogP contribution >= 0.6 is 0 Å². The Bertz CT molecular complexity index is 1530. The number of hydrogen-bond acceptors (Lipinski definition) is 6. The number of hydrogen-bond donors (Lipinski definition) is 3. The molecule has 4 rings (SSSR count). The van der Waals surface area contributed by atoms with Gasteiger partial charge in [-0.05, 0) is 56.7 Å². The topological polar surface area (TPSA) is 120 Å². The molecule has 0 saturated carbocycles. The second-order valence-corrected chi connectivity index (χ2v) is 8.90. The third-order valence-electron chi connectivity index (χ3n) is 6.09. The standard InChI is InChI=1S/C26H27F3N8O/c1-15-5-6-18(7-24(15)37(31)13-23(30)22-11-33-35(4)17(22)3)25(38)34-20-8-19(26(27,28)29)9-21(10-20)36-12-16(2)32-14-36/h5-14H,30-31H2,1-4H3,(H,34,38)/b23-13-. The van der Waals surface area contributed by atoms with Crippen molar-refractivity contribution in [3.63, 3.8) is 0 Å². The fourth-order valence-corrected chi connectivity index (χ4v) is 3.86. The molecule has 0 aliphatic heterocycles. The van der Waals surface area contributed by atoms with E-state index in [4.69, 9.17) is 11.6 Å². The first-order chi connectivity index (χ1) is 17.8. The molecule has 0 aliphatic carbocycles. The van der Waals surface area contributed by atoms with E-state index in [0.29, 0.717) is 22.6 Å². The number of anilines is 2. The Kier molecular flexibility index (Phi) is 7.01. The maximum absolute atomic E-state index is 13.6. The predicted octanol–water partition coefficient (Wildman–Crippen LogP) is 4.44. The SMILES string of the molecule is Cc1cn(-c2cc(NC(=O)c3ccc(C)c(N(N)/C=C(\N)c4cnn(C)c4C)c3)cc(C(F)(F)F)c2)cn1. The van der Waals surface area contributed by atoms with Crippen LogP contribution < -0.4 is 21.9 Å². The van der Waals surface area contributed by atoms with Gasteiger partial charge in [-0.1, -0.05) is 6.07 Å². The first-order valence-corrected chi connectivity index (χ1v) is 11.5. The average molecular weight is 525 g/mol. The van der Waals surface area contributed by atoms with E-state index in [1.807, 2.05) is 13.8 Å². The number of rotatable bonds is 6. The van der Waals surface area contributed by atoms with Crippen LogP contribution in [0.15, 0.2) is 61.3 Å². The van der Waals surface area contributed by atoms with Gasteiger partial charge in [0.2, 0.25) is 0 Å². The summed E-state index contributed by atoms with van der Waals surface area (Å²) < 4.78 is 43.9. The highest BCUT2D eigenvalue weighted by Crippen LogP contribution is 2.33. The Hall–Kier alpha value is -4.58. The lowest BCUT2D eigenvalue weighted by atomic mass is 10.1. The van der Waals surface area contributed by atoms with E-state index >= 15 is 0 Å². The molecule has 198 valence electrons. The molecule has 0 bridgehead atoms. The van der Waals surface area contributed by atoms with E-state index in [2.05, 4.69) is 15.4 Å². The normalized spacial score (nSPS) is 12.1. The van der Waals surface area contributed by atoms with Crippen molar-refractivity contribution >= 4 is 23.0 Å². The number of aromatic nitrogens is 4. The number of alkyl halides is 3. The Balaban J connectivity index is 1.63. The van der Waals surface area contributed by atoms with Crippen LogP contribution in [0, 0.1) is 20.8 Å². The van der Waals surface area contributed by atoms with Gasteiger partial charge in [-0.2, -0.15) is 18.3 Å². The predicted molar refractivity (Wildman–Crippen MR) is 139 cm³/mol. The summed E-state index contributed by atoms with van der Waals surface area (Å²) in [6.45, 7) is 5.40. The van der Waals surface area contributed by atoms with Gasteiger partial charge in [-0.3, -0.25) is 14.5 Å². The van der Waals surface area contributed by atoms with E-state index in [1.54, 1.807) is 43.2 Å². The number of carbonyl (C=O) groups is 1. The Morgan fingerprint density at radius 3 is 2.47 bits per heavy atom. The molecule has 0 spiro atoms. The van der Waals surface area contributed by atoms with Crippen molar-refractivity contribution in [3.05, 3.63) is 95.0 Å². The number of hydrazine groups is 1. The number of benzene rings is 2. The first-order valence-electron chi connectivity index (χ1n) is 11.5. The number of nitrogens with zero attached hydrogens (tertiary/aromatic N) is 5. The van der Waals surface area contributed by atoms with Gasteiger partial charge < -0.3 is 15.6 Å². The molecule has 2 heterocycles. The Morgan fingerprint density at radius 2 is 1.87 bits per heavy atom. The van der Waals surface area contributed by atoms with Crippen LogP contribution in [0.3, 0.4) is 0 Å². The van der Waals surface area contributed by atoms with Gasteiger partial charge in [-0.15, -0.1) is 0 Å². The molecule has 1 amide bonds. The van der Waals surface area contributed by atoms with Gasteiger partial charge >= 0.3 is 6.18 Å². The van der Waals surface area contributed by atoms with E-state index < -0.39 is 17.6 Å². The molecule has 0 radical (unpaired) electrons. The molecular weight excluding hydrogens is 497 g/mol. The minimum absolute atomic E-state index is 0.0194. The molecular formula is C26H27F3N8O. The van der Waals surface area contributed by atoms with Crippen molar-refractivity contribution in [1.82, 2.24) is 19.3 Å².